The number of aryl methyl sites for hydroxylation is 2. The second-order valence-corrected chi connectivity index (χ2v) is 9.42. The van der Waals surface area contributed by atoms with E-state index >= 15 is 0 Å². The Kier molecular flexibility index (Phi) is 4.94. The highest BCUT2D eigenvalue weighted by Crippen LogP contribution is 2.28. The Bertz CT molecular complexity index is 1230. The number of nitrogens with zero attached hydrogens (tertiary/aromatic N) is 6. The molecule has 0 saturated carbocycles. The van der Waals surface area contributed by atoms with Crippen LogP contribution in [0.4, 0.5) is 11.5 Å². The Labute approximate surface area is 174 Å². The molecule has 30 heavy (non-hydrogen) atoms. The summed E-state index contributed by atoms with van der Waals surface area (Å²) in [6, 6.07) is 8.34. The van der Waals surface area contributed by atoms with Crippen molar-refractivity contribution in [3.63, 3.8) is 0 Å². The minimum absolute atomic E-state index is 0.163. The van der Waals surface area contributed by atoms with Crippen LogP contribution in [0.25, 0.3) is 5.65 Å². The van der Waals surface area contributed by atoms with Gasteiger partial charge >= 0.3 is 0 Å². The lowest BCUT2D eigenvalue weighted by molar-refractivity contribution is -0.114. The molecule has 0 radical (unpaired) electrons. The summed E-state index contributed by atoms with van der Waals surface area (Å²) >= 11 is 0. The highest BCUT2D eigenvalue weighted by molar-refractivity contribution is 7.89. The second-order valence-electron chi connectivity index (χ2n) is 7.45. The molecule has 2 aromatic heterocycles. The number of benzene rings is 1. The van der Waals surface area contributed by atoms with Gasteiger partial charge in [0, 0.05) is 32.7 Å². The quantitative estimate of drug-likeness (QED) is 0.649. The zero-order valence-corrected chi connectivity index (χ0v) is 18.0. The molecule has 1 fully saturated rings. The number of nitrogens with one attached hydrogen (secondary N) is 1. The zero-order chi connectivity index (χ0) is 21.6. The van der Waals surface area contributed by atoms with Gasteiger partial charge in [0.25, 0.3) is 0 Å². The van der Waals surface area contributed by atoms with Crippen molar-refractivity contribution in [2.45, 2.75) is 31.7 Å². The predicted octanol–water partition coefficient (Wildman–Crippen LogP) is 1.21. The third-order valence-electron chi connectivity index (χ3n) is 5.26. The maximum absolute atomic E-state index is 13.1. The summed E-state index contributed by atoms with van der Waals surface area (Å²) in [7, 11) is -2.07. The van der Waals surface area contributed by atoms with Crippen LogP contribution in [0.15, 0.2) is 35.2 Å². The minimum atomic E-state index is -3.66. The van der Waals surface area contributed by atoms with Crippen LogP contribution in [0.1, 0.15) is 18.3 Å². The van der Waals surface area contributed by atoms with Gasteiger partial charge in [-0.3, -0.25) is 4.79 Å². The Morgan fingerprint density at radius 1 is 1.17 bits per heavy atom. The van der Waals surface area contributed by atoms with E-state index in [0.29, 0.717) is 35.8 Å². The smallest absolute Gasteiger partial charge is 0.243 e. The Hall–Kier alpha value is -3.05. The summed E-state index contributed by atoms with van der Waals surface area (Å²) in [6.45, 7) is 6.04. The number of aromatic nitrogens is 4. The first-order valence-corrected chi connectivity index (χ1v) is 10.9. The monoisotopic (exact) mass is 429 g/mol. The molecule has 11 heteroatoms. The van der Waals surface area contributed by atoms with Crippen LogP contribution in [-0.2, 0) is 14.8 Å². The van der Waals surface area contributed by atoms with E-state index in [2.05, 4.69) is 20.6 Å². The molecule has 1 N–H and O–H groups in total. The lowest BCUT2D eigenvalue weighted by atomic mass is 10.1. The van der Waals surface area contributed by atoms with Gasteiger partial charge in [0.2, 0.25) is 15.9 Å². The number of fused-ring (bicyclic) bond motifs is 1. The van der Waals surface area contributed by atoms with Crippen molar-refractivity contribution in [1.29, 1.82) is 0 Å². The van der Waals surface area contributed by atoms with E-state index in [1.54, 1.807) is 30.6 Å². The molecule has 158 valence electrons. The molecule has 4 rings (SSSR count). The summed E-state index contributed by atoms with van der Waals surface area (Å²) in [6.07, 6.45) is 0. The number of carbonyl (C=O) groups is 1. The second kappa shape index (κ2) is 7.33. The molecule has 0 unspecified atom stereocenters. The molecule has 0 bridgehead atoms. The standard InChI is InChI=1S/C19H23N7O3S/c1-12-9-15(20-14(3)27)5-6-17(12)30(28,29)24(4)16-10-25(11-16)19-8-7-18-22-21-13(2)26(18)23-19/h5-9,16H,10-11H2,1-4H3,(H,20,27). The number of hydrogen-bond donors (Lipinski definition) is 1. The fourth-order valence-electron chi connectivity index (χ4n) is 3.50. The van der Waals surface area contributed by atoms with Crippen LogP contribution < -0.4 is 10.2 Å². The van der Waals surface area contributed by atoms with Crippen LogP contribution >= 0.6 is 0 Å². The first-order chi connectivity index (χ1) is 14.2. The summed E-state index contributed by atoms with van der Waals surface area (Å²) < 4.78 is 29.3. The van der Waals surface area contributed by atoms with Gasteiger partial charge in [0.15, 0.2) is 11.5 Å². The molecular weight excluding hydrogens is 406 g/mol. The molecular formula is C19H23N7O3S. The van der Waals surface area contributed by atoms with Crippen molar-refractivity contribution in [2.75, 3.05) is 30.4 Å². The van der Waals surface area contributed by atoms with Crippen molar-refractivity contribution < 1.29 is 13.2 Å². The minimum Gasteiger partial charge on any atom is -0.352 e. The molecule has 0 spiro atoms. The molecule has 1 aromatic carbocycles. The van der Waals surface area contributed by atoms with Crippen molar-refractivity contribution in [1.82, 2.24) is 24.1 Å². The van der Waals surface area contributed by atoms with E-state index in [1.807, 2.05) is 24.0 Å². The third kappa shape index (κ3) is 3.50. The fourth-order valence-corrected chi connectivity index (χ4v) is 5.04. The molecule has 3 heterocycles. The summed E-state index contributed by atoms with van der Waals surface area (Å²) in [5.41, 5.74) is 1.83. The molecule has 1 aliphatic rings. The molecule has 1 saturated heterocycles. The van der Waals surface area contributed by atoms with Crippen LogP contribution in [0, 0.1) is 13.8 Å². The highest BCUT2D eigenvalue weighted by Gasteiger charge is 2.37. The van der Waals surface area contributed by atoms with E-state index < -0.39 is 10.0 Å². The van der Waals surface area contributed by atoms with Gasteiger partial charge < -0.3 is 10.2 Å². The van der Waals surface area contributed by atoms with Gasteiger partial charge in [-0.25, -0.2) is 8.42 Å². The lowest BCUT2D eigenvalue weighted by Crippen LogP contribution is -2.60. The van der Waals surface area contributed by atoms with E-state index in [0.717, 1.165) is 5.82 Å². The Morgan fingerprint density at radius 3 is 2.57 bits per heavy atom. The maximum atomic E-state index is 13.1. The molecule has 10 nitrogen and oxygen atoms in total. The van der Waals surface area contributed by atoms with Crippen molar-refractivity contribution in [2.24, 2.45) is 0 Å². The first kappa shape index (κ1) is 20.2. The van der Waals surface area contributed by atoms with Gasteiger partial charge in [0.05, 0.1) is 10.9 Å². The topological polar surface area (TPSA) is 113 Å². The normalized spacial score (nSPS) is 14.9. The summed E-state index contributed by atoms with van der Waals surface area (Å²) in [5.74, 6) is 1.25. The molecule has 1 aliphatic heterocycles. The average molecular weight is 430 g/mol. The number of hydrogen-bond acceptors (Lipinski definition) is 7. The van der Waals surface area contributed by atoms with Crippen molar-refractivity contribution in [3.05, 3.63) is 41.7 Å². The largest absolute Gasteiger partial charge is 0.352 e. The van der Waals surface area contributed by atoms with Crippen LogP contribution in [0.2, 0.25) is 0 Å². The predicted molar refractivity (Wildman–Crippen MR) is 112 cm³/mol. The third-order valence-corrected chi connectivity index (χ3v) is 7.33. The van der Waals surface area contributed by atoms with Crippen molar-refractivity contribution in [3.8, 4) is 0 Å². The Balaban J connectivity index is 1.49. The summed E-state index contributed by atoms with van der Waals surface area (Å²) in [5, 5.41) is 15.2. The average Bonchev–Trinajstić information content (AvgIpc) is 3.00. The zero-order valence-electron chi connectivity index (χ0n) is 17.2. The van der Waals surface area contributed by atoms with Crippen molar-refractivity contribution >= 4 is 33.1 Å². The van der Waals surface area contributed by atoms with E-state index in [4.69, 9.17) is 0 Å². The lowest BCUT2D eigenvalue weighted by Gasteiger charge is -2.43. The number of rotatable bonds is 5. The molecule has 0 atom stereocenters. The van der Waals surface area contributed by atoms with Crippen LogP contribution in [0.5, 0.6) is 0 Å². The van der Waals surface area contributed by atoms with Crippen LogP contribution in [-0.4, -0.2) is 64.6 Å². The maximum Gasteiger partial charge on any atom is 0.243 e. The van der Waals surface area contributed by atoms with E-state index in [9.17, 15) is 13.2 Å². The van der Waals surface area contributed by atoms with Gasteiger partial charge in [-0.1, -0.05) is 0 Å². The van der Waals surface area contributed by atoms with Gasteiger partial charge in [-0.15, -0.1) is 15.3 Å². The van der Waals surface area contributed by atoms with Crippen LogP contribution in [0.3, 0.4) is 0 Å². The van der Waals surface area contributed by atoms with E-state index in [1.165, 1.54) is 17.3 Å². The molecule has 0 aliphatic carbocycles. The SMILES string of the molecule is CC(=O)Nc1ccc(S(=O)(=O)N(C)C2CN(c3ccc4nnc(C)n4n3)C2)c(C)c1. The number of likely N-dealkylation sites (N-methyl/N-ethyl adjacent to an activating group) is 1. The van der Waals surface area contributed by atoms with E-state index in [-0.39, 0.29) is 16.8 Å². The van der Waals surface area contributed by atoms with Gasteiger partial charge in [0.1, 0.15) is 5.82 Å². The molecule has 3 aromatic rings. The fraction of sp³-hybridized carbons (Fsp3) is 0.368. The number of amides is 1. The van der Waals surface area contributed by atoms with Gasteiger partial charge in [-0.05, 0) is 49.7 Å². The molecule has 1 amide bonds. The summed E-state index contributed by atoms with van der Waals surface area (Å²) in [4.78, 5) is 13.5. The number of anilines is 2. The number of carbonyl (C=O) groups excluding carboxylic acids is 1. The van der Waals surface area contributed by atoms with Gasteiger partial charge in [-0.2, -0.15) is 8.82 Å². The first-order valence-electron chi connectivity index (χ1n) is 9.47. The number of sulfonamides is 1. The Morgan fingerprint density at radius 2 is 1.90 bits per heavy atom. The highest BCUT2D eigenvalue weighted by atomic mass is 32.2.